The molecule has 3 aliphatic heterocycles. The number of piperazine rings is 1. The second-order valence-corrected chi connectivity index (χ2v) is 15.9. The fourth-order valence-corrected chi connectivity index (χ4v) is 8.64. The molecule has 1 unspecified atom stereocenters. The molecular formula is C35H56ClN7O5S. The van der Waals surface area contributed by atoms with Crippen molar-refractivity contribution < 1.29 is 22.7 Å². The minimum absolute atomic E-state index is 0. The predicted molar refractivity (Wildman–Crippen MR) is 192 cm³/mol. The predicted octanol–water partition coefficient (Wildman–Crippen LogP) is 3.55. The van der Waals surface area contributed by atoms with Crippen molar-refractivity contribution in [3.05, 3.63) is 46.8 Å². The van der Waals surface area contributed by atoms with Crippen LogP contribution in [0.5, 0.6) is 0 Å². The van der Waals surface area contributed by atoms with E-state index < -0.39 is 21.6 Å². The molecule has 12 nitrogen and oxygen atoms in total. The van der Waals surface area contributed by atoms with Crippen molar-refractivity contribution in [2.45, 2.75) is 95.7 Å². The van der Waals surface area contributed by atoms with Gasteiger partial charge < -0.3 is 15.0 Å². The first-order valence-electron chi connectivity index (χ1n) is 17.7. The lowest BCUT2D eigenvalue weighted by atomic mass is 9.79. The number of benzene rings is 1. The van der Waals surface area contributed by atoms with Gasteiger partial charge in [-0.2, -0.15) is 5.10 Å². The summed E-state index contributed by atoms with van der Waals surface area (Å²) in [6.45, 7) is 16.4. The van der Waals surface area contributed by atoms with E-state index in [1.807, 2.05) is 30.9 Å². The first-order valence-corrected chi connectivity index (χ1v) is 19.2. The summed E-state index contributed by atoms with van der Waals surface area (Å²) in [4.78, 5) is 34.4. The molecule has 2 aromatic rings. The third kappa shape index (κ3) is 8.85. The van der Waals surface area contributed by atoms with E-state index in [0.717, 1.165) is 74.6 Å². The maximum atomic E-state index is 13.9. The molecule has 5 rings (SSSR count). The lowest BCUT2D eigenvalue weighted by molar-refractivity contribution is -0.162. The van der Waals surface area contributed by atoms with E-state index in [9.17, 15) is 18.0 Å². The molecule has 0 saturated carbocycles. The van der Waals surface area contributed by atoms with Gasteiger partial charge in [-0.05, 0) is 76.1 Å². The number of likely N-dealkylation sites (tertiary alicyclic amines) is 1. The third-order valence-corrected chi connectivity index (χ3v) is 11.7. The van der Waals surface area contributed by atoms with Crippen LogP contribution in [0.2, 0.25) is 0 Å². The highest BCUT2D eigenvalue weighted by Crippen LogP contribution is 2.40. The van der Waals surface area contributed by atoms with Gasteiger partial charge in [0.25, 0.3) is 0 Å². The molecule has 14 heteroatoms. The van der Waals surface area contributed by atoms with Gasteiger partial charge in [-0.15, -0.1) is 12.4 Å². The summed E-state index contributed by atoms with van der Waals surface area (Å²) in [6.07, 6.45) is 4.21. The van der Waals surface area contributed by atoms with Crippen LogP contribution in [0.3, 0.4) is 0 Å². The molecule has 49 heavy (non-hydrogen) atoms. The van der Waals surface area contributed by atoms with E-state index >= 15 is 0 Å². The highest BCUT2D eigenvalue weighted by molar-refractivity contribution is 7.89. The Morgan fingerprint density at radius 1 is 1.02 bits per heavy atom. The second kappa shape index (κ2) is 17.1. The molecule has 3 aliphatic rings. The van der Waals surface area contributed by atoms with Gasteiger partial charge in [0.2, 0.25) is 21.8 Å². The van der Waals surface area contributed by atoms with Crippen molar-refractivity contribution in [3.8, 4) is 0 Å². The number of ether oxygens (including phenoxy) is 1. The number of aryl methyl sites for hydroxylation is 2. The number of rotatable bonds is 14. The normalized spacial score (nSPS) is 21.2. The molecule has 1 spiro atoms. The average Bonchev–Trinajstić information content (AvgIpc) is 3.40. The van der Waals surface area contributed by atoms with Crippen LogP contribution in [0.15, 0.2) is 29.2 Å². The second-order valence-electron chi connectivity index (χ2n) is 14.1. The molecule has 4 heterocycles. The molecule has 1 aromatic heterocycles. The number of morpholine rings is 1. The largest absolute Gasteiger partial charge is 0.379 e. The molecular weight excluding hydrogens is 666 g/mol. The summed E-state index contributed by atoms with van der Waals surface area (Å²) < 4.78 is 34.5. The summed E-state index contributed by atoms with van der Waals surface area (Å²) in [5.74, 6) is 0.292. The van der Waals surface area contributed by atoms with E-state index in [1.165, 1.54) is 0 Å². The van der Waals surface area contributed by atoms with Crippen LogP contribution >= 0.6 is 12.4 Å². The number of amides is 2. The zero-order chi connectivity index (χ0) is 34.5. The summed E-state index contributed by atoms with van der Waals surface area (Å²) >= 11 is 0. The zero-order valence-corrected chi connectivity index (χ0v) is 31.4. The van der Waals surface area contributed by atoms with Gasteiger partial charge in [0.05, 0.1) is 29.8 Å². The summed E-state index contributed by atoms with van der Waals surface area (Å²) in [5.41, 5.74) is 2.96. The topological polar surface area (TPSA) is 140 Å². The number of aromatic nitrogens is 2. The van der Waals surface area contributed by atoms with E-state index in [4.69, 9.17) is 4.74 Å². The lowest BCUT2D eigenvalue weighted by Gasteiger charge is -2.52. The Bertz CT molecular complexity index is 1480. The first-order chi connectivity index (χ1) is 23.0. The van der Waals surface area contributed by atoms with Crippen LogP contribution < -0.4 is 10.0 Å². The standard InChI is InChI=1S/C35H55N7O5S.ClH/c1-6-7-17-42-33(43)30(24-25(2)3)37-34(44)35(42)13-18-41(19-14-35)32(31-26(4)38-39-27(31)5)28-9-11-29(12-10-28)48(45,46)36-15-8-16-40-20-22-47-23-21-40;/h9-12,25,30,32,36H,6-8,13-24H2,1-5H3,(H,37,44)(H,38,39);1H/t30-,32?;/m0./s1. The van der Waals surface area contributed by atoms with E-state index in [0.29, 0.717) is 51.4 Å². The molecule has 0 aliphatic carbocycles. The number of sulfonamides is 1. The van der Waals surface area contributed by atoms with Crippen molar-refractivity contribution in [2.75, 3.05) is 59.0 Å². The number of hydrogen-bond acceptors (Lipinski definition) is 8. The number of nitrogens with zero attached hydrogens (tertiary/aromatic N) is 4. The quantitative estimate of drug-likeness (QED) is 0.252. The molecule has 274 valence electrons. The molecule has 3 fully saturated rings. The Kier molecular flexibility index (Phi) is 13.7. The van der Waals surface area contributed by atoms with E-state index in [1.54, 1.807) is 12.1 Å². The van der Waals surface area contributed by atoms with Gasteiger partial charge in [0, 0.05) is 50.5 Å². The number of carbonyl (C=O) groups is 2. The molecule has 1 aromatic carbocycles. The number of piperidine rings is 1. The van der Waals surface area contributed by atoms with Gasteiger partial charge >= 0.3 is 0 Å². The lowest BCUT2D eigenvalue weighted by Crippen LogP contribution is -2.73. The van der Waals surface area contributed by atoms with E-state index in [-0.39, 0.29) is 35.2 Å². The molecule has 0 bridgehead atoms. The Morgan fingerprint density at radius 3 is 2.29 bits per heavy atom. The Balaban J connectivity index is 0.00000541. The highest BCUT2D eigenvalue weighted by Gasteiger charge is 2.54. The van der Waals surface area contributed by atoms with Crippen LogP contribution in [0.4, 0.5) is 0 Å². The molecule has 2 amide bonds. The minimum Gasteiger partial charge on any atom is -0.379 e. The van der Waals surface area contributed by atoms with E-state index in [2.05, 4.69) is 50.8 Å². The first kappa shape index (κ1) is 39.2. The Hall–Kier alpha value is -2.55. The van der Waals surface area contributed by atoms with Crippen LogP contribution in [0.1, 0.15) is 87.9 Å². The number of H-pyrrole nitrogens is 1. The smallest absolute Gasteiger partial charge is 0.246 e. The van der Waals surface area contributed by atoms with Crippen molar-refractivity contribution in [1.82, 2.24) is 34.9 Å². The Labute approximate surface area is 298 Å². The van der Waals surface area contributed by atoms with Crippen LogP contribution in [-0.2, 0) is 24.3 Å². The van der Waals surface area contributed by atoms with Crippen molar-refractivity contribution in [1.29, 1.82) is 0 Å². The number of hydrogen-bond donors (Lipinski definition) is 3. The summed E-state index contributed by atoms with van der Waals surface area (Å²) in [5, 5.41) is 10.7. The van der Waals surface area contributed by atoms with Gasteiger partial charge in [0.1, 0.15) is 11.6 Å². The summed E-state index contributed by atoms with van der Waals surface area (Å²) in [7, 11) is -3.66. The number of aromatic amines is 1. The van der Waals surface area contributed by atoms with Crippen molar-refractivity contribution in [3.63, 3.8) is 0 Å². The van der Waals surface area contributed by atoms with Gasteiger partial charge in [-0.25, -0.2) is 13.1 Å². The maximum Gasteiger partial charge on any atom is 0.246 e. The number of nitrogens with one attached hydrogen (secondary N) is 3. The van der Waals surface area contributed by atoms with Crippen LogP contribution in [0, 0.1) is 19.8 Å². The fourth-order valence-electron chi connectivity index (χ4n) is 7.57. The molecule has 3 N–H and O–H groups in total. The number of halogens is 1. The minimum atomic E-state index is -3.66. The maximum absolute atomic E-state index is 13.9. The number of carbonyl (C=O) groups excluding carboxylic acids is 2. The summed E-state index contributed by atoms with van der Waals surface area (Å²) in [6, 6.07) is 6.47. The fraction of sp³-hybridized carbons (Fsp3) is 0.686. The Morgan fingerprint density at radius 2 is 1.69 bits per heavy atom. The van der Waals surface area contributed by atoms with Crippen LogP contribution in [0.25, 0.3) is 0 Å². The van der Waals surface area contributed by atoms with Crippen molar-refractivity contribution >= 4 is 34.2 Å². The molecule has 0 radical (unpaired) electrons. The van der Waals surface area contributed by atoms with Gasteiger partial charge in [0.15, 0.2) is 0 Å². The third-order valence-electron chi connectivity index (χ3n) is 10.3. The zero-order valence-electron chi connectivity index (χ0n) is 29.8. The highest BCUT2D eigenvalue weighted by atomic mass is 35.5. The van der Waals surface area contributed by atoms with Crippen molar-refractivity contribution in [2.24, 2.45) is 5.92 Å². The SMILES string of the molecule is CCCCN1C(=O)[C@H](CC(C)C)NC(=O)C12CCN(C(c1ccc(S(=O)(=O)NCCCN3CCOCC3)cc1)c1c(C)n[nH]c1C)CC2.Cl. The van der Waals surface area contributed by atoms with Gasteiger partial charge in [-0.3, -0.25) is 24.5 Å². The van der Waals surface area contributed by atoms with Crippen LogP contribution in [-0.4, -0.2) is 116 Å². The number of unbranched alkanes of at least 4 members (excludes halogenated alkanes) is 1. The average molecular weight is 722 g/mol. The van der Waals surface area contributed by atoms with Gasteiger partial charge in [-0.1, -0.05) is 39.3 Å². The molecule has 3 saturated heterocycles. The monoisotopic (exact) mass is 721 g/mol. The molecule has 2 atom stereocenters.